The van der Waals surface area contributed by atoms with Crippen molar-refractivity contribution in [1.29, 1.82) is 0 Å². The molecule has 1 saturated carbocycles. The van der Waals surface area contributed by atoms with E-state index in [9.17, 15) is 0 Å². The average molecular weight is 231 g/mol. The first kappa shape index (κ1) is 11.1. The summed E-state index contributed by atoms with van der Waals surface area (Å²) in [5, 5.41) is 0. The molecule has 3 heteroatoms. The van der Waals surface area contributed by atoms with Crippen LogP contribution in [0.3, 0.4) is 0 Å². The van der Waals surface area contributed by atoms with Crippen molar-refractivity contribution < 1.29 is 0 Å². The van der Waals surface area contributed by atoms with E-state index in [1.165, 1.54) is 43.4 Å². The summed E-state index contributed by atoms with van der Waals surface area (Å²) in [6.45, 7) is 0. The summed E-state index contributed by atoms with van der Waals surface area (Å²) in [4.78, 5) is 9.40. The number of nitrogens with two attached hydrogens (primary N) is 1. The van der Waals surface area contributed by atoms with Crippen LogP contribution in [0.5, 0.6) is 0 Å². The summed E-state index contributed by atoms with van der Waals surface area (Å²) >= 11 is 0. The number of aromatic nitrogens is 2. The summed E-state index contributed by atoms with van der Waals surface area (Å²) < 4.78 is 0. The maximum Gasteiger partial charge on any atom is 0.131 e. The first-order valence-corrected chi connectivity index (χ1v) is 6.93. The number of hydrogen-bond acceptors (Lipinski definition) is 3. The Kier molecular flexibility index (Phi) is 3.10. The quantitative estimate of drug-likeness (QED) is 0.807. The van der Waals surface area contributed by atoms with Crippen LogP contribution in [0.25, 0.3) is 0 Å². The van der Waals surface area contributed by atoms with Gasteiger partial charge in [0.1, 0.15) is 5.82 Å². The molecule has 1 fully saturated rings. The van der Waals surface area contributed by atoms with Crippen LogP contribution in [0.1, 0.15) is 61.5 Å². The van der Waals surface area contributed by atoms with Crippen LogP contribution in [-0.2, 0) is 12.8 Å². The lowest BCUT2D eigenvalue weighted by atomic mass is 9.85. The van der Waals surface area contributed by atoms with Crippen LogP contribution in [0.4, 0.5) is 0 Å². The molecule has 1 aromatic rings. The van der Waals surface area contributed by atoms with E-state index < -0.39 is 0 Å². The standard InChI is InChI=1S/C14H21N3/c15-12-7-5-10(6-8-12)14-16-9-11-3-1-2-4-13(11)17-14/h9-10,12H,1-8,15H2. The highest BCUT2D eigenvalue weighted by Gasteiger charge is 2.23. The van der Waals surface area contributed by atoms with Gasteiger partial charge in [-0.15, -0.1) is 0 Å². The fourth-order valence-corrected chi connectivity index (χ4v) is 3.06. The highest BCUT2D eigenvalue weighted by Crippen LogP contribution is 2.31. The van der Waals surface area contributed by atoms with Crippen molar-refractivity contribution >= 4 is 0 Å². The lowest BCUT2D eigenvalue weighted by molar-refractivity contribution is 0.383. The monoisotopic (exact) mass is 231 g/mol. The molecule has 2 aliphatic carbocycles. The third-order valence-corrected chi connectivity index (χ3v) is 4.22. The lowest BCUT2D eigenvalue weighted by Crippen LogP contribution is -2.26. The third-order valence-electron chi connectivity index (χ3n) is 4.22. The van der Waals surface area contributed by atoms with Crippen LogP contribution in [0, 0.1) is 0 Å². The van der Waals surface area contributed by atoms with Gasteiger partial charge in [0.15, 0.2) is 0 Å². The second-order valence-electron chi connectivity index (χ2n) is 5.52. The van der Waals surface area contributed by atoms with Crippen LogP contribution in [0.15, 0.2) is 6.20 Å². The smallest absolute Gasteiger partial charge is 0.131 e. The van der Waals surface area contributed by atoms with Crippen molar-refractivity contribution in [3.8, 4) is 0 Å². The first-order chi connectivity index (χ1) is 8.33. The van der Waals surface area contributed by atoms with Crippen molar-refractivity contribution in [1.82, 2.24) is 9.97 Å². The molecule has 0 saturated heterocycles. The predicted molar refractivity (Wildman–Crippen MR) is 67.9 cm³/mol. The summed E-state index contributed by atoms with van der Waals surface area (Å²) in [7, 11) is 0. The zero-order chi connectivity index (χ0) is 11.7. The highest BCUT2D eigenvalue weighted by molar-refractivity contribution is 5.21. The van der Waals surface area contributed by atoms with Crippen LogP contribution in [-0.4, -0.2) is 16.0 Å². The van der Waals surface area contributed by atoms with E-state index >= 15 is 0 Å². The molecule has 3 nitrogen and oxygen atoms in total. The number of fused-ring (bicyclic) bond motifs is 1. The molecule has 0 amide bonds. The normalized spacial score (nSPS) is 28.8. The minimum Gasteiger partial charge on any atom is -0.328 e. The Bertz CT molecular complexity index is 394. The van der Waals surface area contributed by atoms with E-state index in [4.69, 9.17) is 10.7 Å². The van der Waals surface area contributed by atoms with E-state index in [1.54, 1.807) is 0 Å². The zero-order valence-corrected chi connectivity index (χ0v) is 10.4. The van der Waals surface area contributed by atoms with Gasteiger partial charge in [-0.05, 0) is 56.9 Å². The summed E-state index contributed by atoms with van der Waals surface area (Å²) in [5.41, 5.74) is 8.64. The molecule has 0 radical (unpaired) electrons. The Morgan fingerprint density at radius 2 is 1.82 bits per heavy atom. The molecule has 0 bridgehead atoms. The molecule has 3 rings (SSSR count). The topological polar surface area (TPSA) is 51.8 Å². The molecule has 0 spiro atoms. The van der Waals surface area contributed by atoms with Crippen LogP contribution in [0.2, 0.25) is 0 Å². The minimum atomic E-state index is 0.406. The number of rotatable bonds is 1. The van der Waals surface area contributed by atoms with Gasteiger partial charge in [0, 0.05) is 23.9 Å². The first-order valence-electron chi connectivity index (χ1n) is 6.93. The van der Waals surface area contributed by atoms with Gasteiger partial charge < -0.3 is 5.73 Å². The van der Waals surface area contributed by atoms with E-state index in [2.05, 4.69) is 11.2 Å². The van der Waals surface area contributed by atoms with Crippen LogP contribution < -0.4 is 5.73 Å². The highest BCUT2D eigenvalue weighted by atomic mass is 14.9. The van der Waals surface area contributed by atoms with Gasteiger partial charge in [-0.25, -0.2) is 9.97 Å². The van der Waals surface area contributed by atoms with Gasteiger partial charge in [-0.3, -0.25) is 0 Å². The zero-order valence-electron chi connectivity index (χ0n) is 10.4. The van der Waals surface area contributed by atoms with E-state index in [0.717, 1.165) is 25.1 Å². The van der Waals surface area contributed by atoms with E-state index in [1.807, 2.05) is 0 Å². The molecule has 0 aromatic carbocycles. The molecular weight excluding hydrogens is 210 g/mol. The van der Waals surface area contributed by atoms with Gasteiger partial charge in [-0.1, -0.05) is 0 Å². The van der Waals surface area contributed by atoms with Crippen molar-refractivity contribution in [2.24, 2.45) is 5.73 Å². The molecule has 92 valence electrons. The van der Waals surface area contributed by atoms with Crippen molar-refractivity contribution in [3.05, 3.63) is 23.3 Å². The van der Waals surface area contributed by atoms with Gasteiger partial charge in [0.05, 0.1) is 0 Å². The predicted octanol–water partition coefficient (Wildman–Crippen LogP) is 2.34. The molecule has 0 atom stereocenters. The molecule has 0 unspecified atom stereocenters. The fourth-order valence-electron chi connectivity index (χ4n) is 3.06. The molecular formula is C14H21N3. The Labute approximate surface area is 103 Å². The maximum absolute atomic E-state index is 5.95. The summed E-state index contributed by atoms with van der Waals surface area (Å²) in [6, 6.07) is 0.406. The largest absolute Gasteiger partial charge is 0.328 e. The number of nitrogens with zero attached hydrogens (tertiary/aromatic N) is 2. The summed E-state index contributed by atoms with van der Waals surface area (Å²) in [5.74, 6) is 1.64. The Morgan fingerprint density at radius 3 is 2.65 bits per heavy atom. The Morgan fingerprint density at radius 1 is 1.06 bits per heavy atom. The lowest BCUT2D eigenvalue weighted by Gasteiger charge is -2.25. The SMILES string of the molecule is NC1CCC(c2ncc3c(n2)CCCC3)CC1. The third kappa shape index (κ3) is 2.34. The molecule has 1 heterocycles. The summed E-state index contributed by atoms with van der Waals surface area (Å²) in [6.07, 6.45) is 11.6. The van der Waals surface area contributed by atoms with Crippen molar-refractivity contribution in [2.75, 3.05) is 0 Å². The van der Waals surface area contributed by atoms with E-state index in [-0.39, 0.29) is 0 Å². The molecule has 1 aromatic heterocycles. The van der Waals surface area contributed by atoms with Gasteiger partial charge in [0.25, 0.3) is 0 Å². The van der Waals surface area contributed by atoms with Crippen LogP contribution >= 0.6 is 0 Å². The van der Waals surface area contributed by atoms with Gasteiger partial charge in [0.2, 0.25) is 0 Å². The van der Waals surface area contributed by atoms with E-state index in [0.29, 0.717) is 12.0 Å². The second kappa shape index (κ2) is 4.73. The Balaban J connectivity index is 1.79. The minimum absolute atomic E-state index is 0.406. The molecule has 2 aliphatic rings. The second-order valence-corrected chi connectivity index (χ2v) is 5.52. The molecule has 0 aliphatic heterocycles. The van der Waals surface area contributed by atoms with Crippen molar-refractivity contribution in [3.63, 3.8) is 0 Å². The van der Waals surface area contributed by atoms with Gasteiger partial charge >= 0.3 is 0 Å². The number of aryl methyl sites for hydroxylation is 2. The average Bonchev–Trinajstić information content (AvgIpc) is 2.39. The van der Waals surface area contributed by atoms with Crippen molar-refractivity contribution in [2.45, 2.75) is 63.3 Å². The molecule has 2 N–H and O–H groups in total. The molecule has 17 heavy (non-hydrogen) atoms. The Hall–Kier alpha value is -0.960. The van der Waals surface area contributed by atoms with Gasteiger partial charge in [-0.2, -0.15) is 0 Å². The fraction of sp³-hybridized carbons (Fsp3) is 0.714. The maximum atomic E-state index is 5.95. The number of hydrogen-bond donors (Lipinski definition) is 1.